The lowest BCUT2D eigenvalue weighted by atomic mass is 10.0. The van der Waals surface area contributed by atoms with Crippen molar-refractivity contribution in [2.24, 2.45) is 5.73 Å². The normalized spacial score (nSPS) is 18.1. The van der Waals surface area contributed by atoms with Gasteiger partial charge in [-0.1, -0.05) is 6.07 Å². The molecule has 0 unspecified atom stereocenters. The number of pyridine rings is 1. The first kappa shape index (κ1) is 14.9. The van der Waals surface area contributed by atoms with E-state index in [9.17, 15) is 0 Å². The molecule has 5 heteroatoms. The predicted molar refractivity (Wildman–Crippen MR) is 81.9 cm³/mol. The SMILES string of the molecule is CC(C)(C)N1CCN(Cc2cccnc2C(=N)N)CC1. The molecule has 2 heterocycles. The molecule has 1 aromatic heterocycles. The van der Waals surface area contributed by atoms with Crippen molar-refractivity contribution >= 4 is 5.84 Å². The van der Waals surface area contributed by atoms with E-state index in [1.807, 2.05) is 12.1 Å². The van der Waals surface area contributed by atoms with Gasteiger partial charge in [0.2, 0.25) is 0 Å². The fourth-order valence-electron chi connectivity index (χ4n) is 2.63. The van der Waals surface area contributed by atoms with Gasteiger partial charge >= 0.3 is 0 Å². The van der Waals surface area contributed by atoms with E-state index in [1.165, 1.54) is 0 Å². The molecule has 2 rings (SSSR count). The quantitative estimate of drug-likeness (QED) is 0.644. The molecule has 0 saturated carbocycles. The zero-order valence-electron chi connectivity index (χ0n) is 12.7. The molecule has 0 atom stereocenters. The molecule has 0 aromatic carbocycles. The Balaban J connectivity index is 1.98. The molecule has 0 radical (unpaired) electrons. The number of nitrogens with one attached hydrogen (secondary N) is 1. The van der Waals surface area contributed by atoms with Gasteiger partial charge in [-0.15, -0.1) is 0 Å². The molecule has 0 spiro atoms. The molecule has 5 nitrogen and oxygen atoms in total. The third kappa shape index (κ3) is 3.55. The molecule has 0 bridgehead atoms. The first-order chi connectivity index (χ1) is 9.38. The number of hydrogen-bond donors (Lipinski definition) is 2. The summed E-state index contributed by atoms with van der Waals surface area (Å²) >= 11 is 0. The van der Waals surface area contributed by atoms with Crippen LogP contribution < -0.4 is 5.73 Å². The Bertz CT molecular complexity index is 469. The molecule has 1 saturated heterocycles. The molecular weight excluding hydrogens is 250 g/mol. The zero-order chi connectivity index (χ0) is 14.8. The van der Waals surface area contributed by atoms with Crippen LogP contribution in [-0.2, 0) is 6.54 Å². The summed E-state index contributed by atoms with van der Waals surface area (Å²) < 4.78 is 0. The maximum Gasteiger partial charge on any atom is 0.142 e. The minimum Gasteiger partial charge on any atom is -0.382 e. The van der Waals surface area contributed by atoms with Crippen LogP contribution in [0.25, 0.3) is 0 Å². The van der Waals surface area contributed by atoms with Crippen LogP contribution in [0.4, 0.5) is 0 Å². The highest BCUT2D eigenvalue weighted by Gasteiger charge is 2.26. The highest BCUT2D eigenvalue weighted by Crippen LogP contribution is 2.17. The monoisotopic (exact) mass is 275 g/mol. The van der Waals surface area contributed by atoms with E-state index in [0.29, 0.717) is 5.69 Å². The summed E-state index contributed by atoms with van der Waals surface area (Å²) in [5.74, 6) is 0.0499. The Morgan fingerprint density at radius 1 is 1.30 bits per heavy atom. The number of amidine groups is 1. The van der Waals surface area contributed by atoms with Gasteiger partial charge in [0.15, 0.2) is 0 Å². The highest BCUT2D eigenvalue weighted by atomic mass is 15.3. The average Bonchev–Trinajstić information content (AvgIpc) is 2.38. The molecule has 110 valence electrons. The van der Waals surface area contributed by atoms with Crippen molar-refractivity contribution in [2.45, 2.75) is 32.9 Å². The Kier molecular flexibility index (Phi) is 4.40. The number of nitrogens with zero attached hydrogens (tertiary/aromatic N) is 3. The van der Waals surface area contributed by atoms with E-state index in [4.69, 9.17) is 11.1 Å². The molecular formula is C15H25N5. The number of nitrogen functional groups attached to an aromatic ring is 1. The zero-order valence-corrected chi connectivity index (χ0v) is 12.7. The summed E-state index contributed by atoms with van der Waals surface area (Å²) in [6, 6.07) is 3.92. The van der Waals surface area contributed by atoms with Gasteiger partial charge in [-0.05, 0) is 32.4 Å². The van der Waals surface area contributed by atoms with Crippen molar-refractivity contribution in [3.05, 3.63) is 29.6 Å². The number of rotatable bonds is 3. The smallest absolute Gasteiger partial charge is 0.142 e. The second-order valence-electron chi connectivity index (χ2n) is 6.36. The lowest BCUT2D eigenvalue weighted by Gasteiger charge is -2.42. The molecule has 1 fully saturated rings. The van der Waals surface area contributed by atoms with E-state index in [-0.39, 0.29) is 11.4 Å². The predicted octanol–water partition coefficient (Wildman–Crippen LogP) is 1.28. The lowest BCUT2D eigenvalue weighted by Crippen LogP contribution is -2.53. The van der Waals surface area contributed by atoms with Gasteiger partial charge < -0.3 is 5.73 Å². The average molecular weight is 275 g/mol. The largest absolute Gasteiger partial charge is 0.382 e. The van der Waals surface area contributed by atoms with Crippen molar-refractivity contribution in [3.63, 3.8) is 0 Å². The maximum atomic E-state index is 7.60. The molecule has 0 amide bonds. The molecule has 1 aliphatic rings. The van der Waals surface area contributed by atoms with Crippen molar-refractivity contribution in [1.82, 2.24) is 14.8 Å². The molecule has 3 N–H and O–H groups in total. The van der Waals surface area contributed by atoms with Crippen LogP contribution in [0.2, 0.25) is 0 Å². The minimum atomic E-state index is 0.0499. The van der Waals surface area contributed by atoms with Crippen molar-refractivity contribution in [1.29, 1.82) is 5.41 Å². The number of piperazine rings is 1. The van der Waals surface area contributed by atoms with E-state index in [1.54, 1.807) is 6.20 Å². The third-order valence-corrected chi connectivity index (χ3v) is 3.86. The Morgan fingerprint density at radius 2 is 1.95 bits per heavy atom. The van der Waals surface area contributed by atoms with Crippen LogP contribution in [0, 0.1) is 5.41 Å². The van der Waals surface area contributed by atoms with E-state index >= 15 is 0 Å². The number of nitrogens with two attached hydrogens (primary N) is 1. The van der Waals surface area contributed by atoms with Crippen LogP contribution in [0.3, 0.4) is 0 Å². The van der Waals surface area contributed by atoms with Gasteiger partial charge in [-0.3, -0.25) is 20.2 Å². The summed E-state index contributed by atoms with van der Waals surface area (Å²) in [5, 5.41) is 7.60. The van der Waals surface area contributed by atoms with E-state index < -0.39 is 0 Å². The van der Waals surface area contributed by atoms with Gasteiger partial charge in [0, 0.05) is 44.5 Å². The molecule has 1 aliphatic heterocycles. The topological polar surface area (TPSA) is 69.2 Å². The Labute approximate surface area is 121 Å². The summed E-state index contributed by atoms with van der Waals surface area (Å²) in [7, 11) is 0. The summed E-state index contributed by atoms with van der Waals surface area (Å²) in [4.78, 5) is 9.13. The van der Waals surface area contributed by atoms with Crippen LogP contribution in [0.15, 0.2) is 18.3 Å². The fourth-order valence-corrected chi connectivity index (χ4v) is 2.63. The van der Waals surface area contributed by atoms with Crippen molar-refractivity contribution in [3.8, 4) is 0 Å². The highest BCUT2D eigenvalue weighted by molar-refractivity contribution is 5.94. The van der Waals surface area contributed by atoms with Crippen molar-refractivity contribution < 1.29 is 0 Å². The second kappa shape index (κ2) is 5.89. The van der Waals surface area contributed by atoms with Gasteiger partial charge in [-0.2, -0.15) is 0 Å². The first-order valence-electron chi connectivity index (χ1n) is 7.13. The molecule has 1 aromatic rings. The molecule has 0 aliphatic carbocycles. The van der Waals surface area contributed by atoms with Crippen LogP contribution in [0.1, 0.15) is 32.0 Å². The van der Waals surface area contributed by atoms with Gasteiger partial charge in [0.1, 0.15) is 11.5 Å². The number of hydrogen-bond acceptors (Lipinski definition) is 4. The first-order valence-corrected chi connectivity index (χ1v) is 7.13. The van der Waals surface area contributed by atoms with E-state index in [2.05, 4.69) is 35.6 Å². The summed E-state index contributed by atoms with van der Waals surface area (Å²) in [6.45, 7) is 11.9. The summed E-state index contributed by atoms with van der Waals surface area (Å²) in [6.07, 6.45) is 1.69. The standard InChI is InChI=1S/C15H25N5/c1-15(2,3)20-9-7-19(8-10-20)11-12-5-4-6-18-13(12)14(16)17/h4-6H,7-11H2,1-3H3,(H3,16,17). The Hall–Kier alpha value is -1.46. The maximum absolute atomic E-state index is 7.60. The van der Waals surface area contributed by atoms with Gasteiger partial charge in [-0.25, -0.2) is 0 Å². The van der Waals surface area contributed by atoms with Crippen molar-refractivity contribution in [2.75, 3.05) is 26.2 Å². The van der Waals surface area contributed by atoms with Gasteiger partial charge in [0.25, 0.3) is 0 Å². The lowest BCUT2D eigenvalue weighted by molar-refractivity contribution is 0.0590. The van der Waals surface area contributed by atoms with E-state index in [0.717, 1.165) is 38.3 Å². The van der Waals surface area contributed by atoms with Crippen LogP contribution in [0.5, 0.6) is 0 Å². The fraction of sp³-hybridized carbons (Fsp3) is 0.600. The van der Waals surface area contributed by atoms with Crippen LogP contribution in [-0.4, -0.2) is 52.3 Å². The molecule has 20 heavy (non-hydrogen) atoms. The Morgan fingerprint density at radius 3 is 2.50 bits per heavy atom. The minimum absolute atomic E-state index is 0.0499. The third-order valence-electron chi connectivity index (χ3n) is 3.86. The number of aromatic nitrogens is 1. The van der Waals surface area contributed by atoms with Gasteiger partial charge in [0.05, 0.1) is 0 Å². The second-order valence-corrected chi connectivity index (χ2v) is 6.36. The van der Waals surface area contributed by atoms with Crippen LogP contribution >= 0.6 is 0 Å². The summed E-state index contributed by atoms with van der Waals surface area (Å²) in [5.41, 5.74) is 7.50.